The van der Waals surface area contributed by atoms with Crippen molar-refractivity contribution < 1.29 is 5.11 Å². The molecular formula is C14H15N5O. The number of nitrogens with two attached hydrogens (primary N) is 1. The van der Waals surface area contributed by atoms with Gasteiger partial charge in [0.1, 0.15) is 11.6 Å². The smallest absolute Gasteiger partial charge is 0.147 e. The van der Waals surface area contributed by atoms with Crippen molar-refractivity contribution >= 4 is 11.0 Å². The number of fused-ring (bicyclic) bond motifs is 1. The van der Waals surface area contributed by atoms with Crippen LogP contribution in [-0.2, 0) is 0 Å². The zero-order chi connectivity index (χ0) is 14.1. The van der Waals surface area contributed by atoms with E-state index >= 15 is 0 Å². The molecule has 1 atom stereocenters. The van der Waals surface area contributed by atoms with Crippen molar-refractivity contribution in [1.82, 2.24) is 19.9 Å². The summed E-state index contributed by atoms with van der Waals surface area (Å²) in [4.78, 5) is 16.0. The predicted octanol–water partition coefficient (Wildman–Crippen LogP) is 1.32. The summed E-state index contributed by atoms with van der Waals surface area (Å²) >= 11 is 0. The third-order valence-electron chi connectivity index (χ3n) is 3.10. The summed E-state index contributed by atoms with van der Waals surface area (Å²) in [6.07, 6.45) is 1.65. The summed E-state index contributed by atoms with van der Waals surface area (Å²) in [7, 11) is 0. The van der Waals surface area contributed by atoms with Gasteiger partial charge in [-0.3, -0.25) is 0 Å². The first-order valence-electron chi connectivity index (χ1n) is 6.33. The number of aryl methyl sites for hydroxylation is 1. The van der Waals surface area contributed by atoms with Crippen LogP contribution in [0.25, 0.3) is 22.3 Å². The summed E-state index contributed by atoms with van der Waals surface area (Å²) < 4.78 is 0. The van der Waals surface area contributed by atoms with Crippen molar-refractivity contribution in [2.45, 2.75) is 13.0 Å². The first kappa shape index (κ1) is 12.7. The molecule has 0 amide bonds. The fourth-order valence-electron chi connectivity index (χ4n) is 2.09. The van der Waals surface area contributed by atoms with Gasteiger partial charge in [-0.05, 0) is 25.1 Å². The Morgan fingerprint density at radius 1 is 1.30 bits per heavy atom. The van der Waals surface area contributed by atoms with Crippen molar-refractivity contribution in [2.75, 3.05) is 6.61 Å². The maximum Gasteiger partial charge on any atom is 0.147 e. The zero-order valence-electron chi connectivity index (χ0n) is 11.0. The molecule has 0 aliphatic heterocycles. The normalized spacial score (nSPS) is 12.8. The minimum absolute atomic E-state index is 0.178. The van der Waals surface area contributed by atoms with Gasteiger partial charge in [0, 0.05) is 11.8 Å². The highest BCUT2D eigenvalue weighted by atomic mass is 16.3. The van der Waals surface area contributed by atoms with E-state index in [9.17, 15) is 0 Å². The van der Waals surface area contributed by atoms with Crippen LogP contribution in [-0.4, -0.2) is 31.6 Å². The topological polar surface area (TPSA) is 101 Å². The molecule has 1 unspecified atom stereocenters. The van der Waals surface area contributed by atoms with Gasteiger partial charge < -0.3 is 15.8 Å². The fourth-order valence-corrected chi connectivity index (χ4v) is 2.09. The molecule has 2 aromatic heterocycles. The van der Waals surface area contributed by atoms with Crippen LogP contribution in [0, 0.1) is 6.92 Å². The minimum Gasteiger partial charge on any atom is -0.394 e. The van der Waals surface area contributed by atoms with Crippen molar-refractivity contribution in [3.63, 3.8) is 0 Å². The second kappa shape index (κ2) is 4.99. The van der Waals surface area contributed by atoms with Crippen molar-refractivity contribution in [3.05, 3.63) is 42.1 Å². The van der Waals surface area contributed by atoms with Crippen molar-refractivity contribution in [3.8, 4) is 11.3 Å². The molecule has 2 heterocycles. The first-order chi connectivity index (χ1) is 9.67. The van der Waals surface area contributed by atoms with Gasteiger partial charge in [0.05, 0.1) is 29.4 Å². The molecule has 0 radical (unpaired) electrons. The molecule has 102 valence electrons. The van der Waals surface area contributed by atoms with Crippen LogP contribution >= 0.6 is 0 Å². The summed E-state index contributed by atoms with van der Waals surface area (Å²) in [5.41, 5.74) is 9.36. The molecule has 1 aromatic carbocycles. The van der Waals surface area contributed by atoms with E-state index in [4.69, 9.17) is 10.8 Å². The summed E-state index contributed by atoms with van der Waals surface area (Å²) in [5.74, 6) is 1.31. The number of aromatic nitrogens is 4. The summed E-state index contributed by atoms with van der Waals surface area (Å²) in [6, 6.07) is 7.15. The van der Waals surface area contributed by atoms with Gasteiger partial charge >= 0.3 is 0 Å². The molecule has 0 bridgehead atoms. The van der Waals surface area contributed by atoms with E-state index in [1.54, 1.807) is 6.20 Å². The van der Waals surface area contributed by atoms with E-state index < -0.39 is 6.04 Å². The maximum atomic E-state index is 9.08. The Balaban J connectivity index is 2.05. The average Bonchev–Trinajstić information content (AvgIpc) is 2.85. The van der Waals surface area contributed by atoms with E-state index in [1.165, 1.54) is 0 Å². The van der Waals surface area contributed by atoms with Gasteiger partial charge in [0.2, 0.25) is 0 Å². The van der Waals surface area contributed by atoms with Gasteiger partial charge in [-0.15, -0.1) is 0 Å². The highest BCUT2D eigenvalue weighted by molar-refractivity contribution is 5.81. The number of hydrogen-bond donors (Lipinski definition) is 3. The molecule has 6 heteroatoms. The zero-order valence-corrected chi connectivity index (χ0v) is 11.0. The molecule has 3 rings (SSSR count). The number of benzene rings is 1. The second-order valence-electron chi connectivity index (χ2n) is 4.64. The molecule has 0 spiro atoms. The molecule has 6 nitrogen and oxygen atoms in total. The number of imidazole rings is 1. The van der Waals surface area contributed by atoms with Crippen molar-refractivity contribution in [1.29, 1.82) is 0 Å². The standard InChI is InChI=1S/C14H15N5O/c1-8-17-12-3-2-9(6-13(12)18-8)11-4-5-16-14(19-11)10(15)7-20/h2-6,10,20H,7,15H2,1H3,(H,17,18). The van der Waals surface area contributed by atoms with Crippen LogP contribution in [0.1, 0.15) is 17.7 Å². The Kier molecular flexibility index (Phi) is 3.17. The van der Waals surface area contributed by atoms with Gasteiger partial charge in [0.15, 0.2) is 0 Å². The molecule has 0 aliphatic carbocycles. The number of aliphatic hydroxyl groups excluding tert-OH is 1. The Morgan fingerprint density at radius 2 is 2.15 bits per heavy atom. The van der Waals surface area contributed by atoms with E-state index in [1.807, 2.05) is 31.2 Å². The molecule has 3 aromatic rings. The van der Waals surface area contributed by atoms with Gasteiger partial charge in [-0.2, -0.15) is 0 Å². The molecular weight excluding hydrogens is 254 g/mol. The van der Waals surface area contributed by atoms with Crippen LogP contribution in [0.4, 0.5) is 0 Å². The van der Waals surface area contributed by atoms with E-state index in [2.05, 4.69) is 19.9 Å². The SMILES string of the molecule is Cc1nc2ccc(-c3ccnc(C(N)CO)n3)cc2[nH]1. The highest BCUT2D eigenvalue weighted by Crippen LogP contribution is 2.22. The first-order valence-corrected chi connectivity index (χ1v) is 6.33. The maximum absolute atomic E-state index is 9.08. The number of hydrogen-bond acceptors (Lipinski definition) is 5. The summed E-state index contributed by atoms with van der Waals surface area (Å²) in [5, 5.41) is 9.08. The van der Waals surface area contributed by atoms with Crippen LogP contribution in [0.5, 0.6) is 0 Å². The van der Waals surface area contributed by atoms with E-state index in [0.717, 1.165) is 28.1 Å². The molecule has 0 fully saturated rings. The molecule has 0 aliphatic rings. The predicted molar refractivity (Wildman–Crippen MR) is 75.9 cm³/mol. The lowest BCUT2D eigenvalue weighted by molar-refractivity contribution is 0.263. The largest absolute Gasteiger partial charge is 0.394 e. The fraction of sp³-hybridized carbons (Fsp3) is 0.214. The van der Waals surface area contributed by atoms with E-state index in [0.29, 0.717) is 5.82 Å². The second-order valence-corrected chi connectivity index (χ2v) is 4.64. The molecule has 0 saturated heterocycles. The van der Waals surface area contributed by atoms with Crippen LogP contribution in [0.3, 0.4) is 0 Å². The third-order valence-corrected chi connectivity index (χ3v) is 3.10. The lowest BCUT2D eigenvalue weighted by Crippen LogP contribution is -2.17. The number of nitrogens with one attached hydrogen (secondary N) is 1. The Morgan fingerprint density at radius 3 is 2.95 bits per heavy atom. The number of nitrogens with zero attached hydrogens (tertiary/aromatic N) is 3. The molecule has 20 heavy (non-hydrogen) atoms. The summed E-state index contributed by atoms with van der Waals surface area (Å²) in [6.45, 7) is 1.74. The number of H-pyrrole nitrogens is 1. The van der Waals surface area contributed by atoms with Crippen LogP contribution < -0.4 is 5.73 Å². The number of aliphatic hydroxyl groups is 1. The van der Waals surface area contributed by atoms with Gasteiger partial charge in [-0.1, -0.05) is 6.07 Å². The lowest BCUT2D eigenvalue weighted by Gasteiger charge is -2.08. The Bertz CT molecular complexity index is 752. The third kappa shape index (κ3) is 2.26. The van der Waals surface area contributed by atoms with Crippen LogP contribution in [0.2, 0.25) is 0 Å². The molecule has 4 N–H and O–H groups in total. The number of aromatic amines is 1. The molecule has 0 saturated carbocycles. The number of rotatable bonds is 3. The van der Waals surface area contributed by atoms with Gasteiger partial charge in [-0.25, -0.2) is 15.0 Å². The van der Waals surface area contributed by atoms with Gasteiger partial charge in [0.25, 0.3) is 0 Å². The highest BCUT2D eigenvalue weighted by Gasteiger charge is 2.10. The minimum atomic E-state index is -0.562. The average molecular weight is 269 g/mol. The quantitative estimate of drug-likeness (QED) is 0.665. The Hall–Kier alpha value is -2.31. The van der Waals surface area contributed by atoms with Crippen LogP contribution in [0.15, 0.2) is 30.5 Å². The lowest BCUT2D eigenvalue weighted by atomic mass is 10.1. The van der Waals surface area contributed by atoms with Crippen molar-refractivity contribution in [2.24, 2.45) is 5.73 Å². The van der Waals surface area contributed by atoms with E-state index in [-0.39, 0.29) is 6.61 Å². The monoisotopic (exact) mass is 269 g/mol. The Labute approximate surface area is 115 Å².